The summed E-state index contributed by atoms with van der Waals surface area (Å²) in [7, 11) is 0. The summed E-state index contributed by atoms with van der Waals surface area (Å²) in [5.41, 5.74) is 1.93. The van der Waals surface area contributed by atoms with Gasteiger partial charge in [0.25, 0.3) is 0 Å². The third kappa shape index (κ3) is 2.30. The lowest BCUT2D eigenvalue weighted by atomic mass is 10.2. The normalized spacial score (nSPS) is 10.3. The fourth-order valence-electron chi connectivity index (χ4n) is 1.33. The molecule has 2 heterocycles. The van der Waals surface area contributed by atoms with Gasteiger partial charge in [0.15, 0.2) is 5.15 Å². The van der Waals surface area contributed by atoms with Gasteiger partial charge in [-0.3, -0.25) is 0 Å². The molecule has 0 bridgehead atoms. The Morgan fingerprint density at radius 1 is 1.47 bits per heavy atom. The van der Waals surface area contributed by atoms with Gasteiger partial charge in [-0.05, 0) is 30.7 Å². The average Bonchev–Trinajstić information content (AvgIpc) is 2.70. The topological polar surface area (TPSA) is 38.1 Å². The summed E-state index contributed by atoms with van der Waals surface area (Å²) in [6.07, 6.45) is 3.34. The highest BCUT2D eigenvalue weighted by Crippen LogP contribution is 2.23. The van der Waals surface area contributed by atoms with Gasteiger partial charge in [-0.2, -0.15) is 0 Å². The van der Waals surface area contributed by atoms with Crippen molar-refractivity contribution in [1.82, 2.24) is 4.98 Å². The maximum Gasteiger partial charge on any atom is 0.152 e. The van der Waals surface area contributed by atoms with Crippen LogP contribution in [0.3, 0.4) is 0 Å². The predicted molar refractivity (Wildman–Crippen MR) is 60.0 cm³/mol. The van der Waals surface area contributed by atoms with Crippen molar-refractivity contribution in [3.8, 4) is 0 Å². The number of anilines is 1. The van der Waals surface area contributed by atoms with Crippen LogP contribution in [-0.2, 0) is 6.54 Å². The minimum absolute atomic E-state index is 0.488. The van der Waals surface area contributed by atoms with Gasteiger partial charge in [0, 0.05) is 6.20 Å². The molecule has 0 spiro atoms. The van der Waals surface area contributed by atoms with E-state index in [1.807, 2.05) is 25.1 Å². The monoisotopic (exact) mass is 222 g/mol. The van der Waals surface area contributed by atoms with Gasteiger partial charge in [0.05, 0.1) is 18.5 Å². The first kappa shape index (κ1) is 10.1. The zero-order valence-corrected chi connectivity index (χ0v) is 9.08. The van der Waals surface area contributed by atoms with Crippen LogP contribution in [0.5, 0.6) is 0 Å². The van der Waals surface area contributed by atoms with E-state index in [-0.39, 0.29) is 0 Å². The van der Waals surface area contributed by atoms with Crippen LogP contribution in [0, 0.1) is 6.92 Å². The Hall–Kier alpha value is -1.48. The van der Waals surface area contributed by atoms with Crippen LogP contribution in [0.15, 0.2) is 35.1 Å². The second-order valence-electron chi connectivity index (χ2n) is 3.23. The van der Waals surface area contributed by atoms with Gasteiger partial charge >= 0.3 is 0 Å². The number of nitrogens with one attached hydrogen (secondary N) is 1. The molecule has 78 valence electrons. The van der Waals surface area contributed by atoms with Crippen molar-refractivity contribution in [2.75, 3.05) is 5.32 Å². The van der Waals surface area contributed by atoms with Crippen LogP contribution in [0.2, 0.25) is 5.15 Å². The first-order valence-electron chi connectivity index (χ1n) is 4.65. The molecule has 2 rings (SSSR count). The van der Waals surface area contributed by atoms with Crippen LogP contribution in [0.4, 0.5) is 5.69 Å². The van der Waals surface area contributed by atoms with Crippen LogP contribution in [-0.4, -0.2) is 4.98 Å². The van der Waals surface area contributed by atoms with E-state index in [2.05, 4.69) is 10.3 Å². The average molecular weight is 223 g/mol. The van der Waals surface area contributed by atoms with Crippen LogP contribution in [0.25, 0.3) is 0 Å². The molecule has 3 nitrogen and oxygen atoms in total. The van der Waals surface area contributed by atoms with Gasteiger partial charge in [-0.15, -0.1) is 0 Å². The Morgan fingerprint density at radius 3 is 3.00 bits per heavy atom. The highest BCUT2D eigenvalue weighted by atomic mass is 35.5. The summed E-state index contributed by atoms with van der Waals surface area (Å²) in [4.78, 5) is 4.01. The lowest BCUT2D eigenvalue weighted by Gasteiger charge is -2.08. The molecule has 15 heavy (non-hydrogen) atoms. The Bertz CT molecular complexity index is 420. The summed E-state index contributed by atoms with van der Waals surface area (Å²) in [5.74, 6) is 0.870. The van der Waals surface area contributed by atoms with E-state index >= 15 is 0 Å². The fraction of sp³-hybridized carbons (Fsp3) is 0.182. The van der Waals surface area contributed by atoms with Crippen molar-refractivity contribution in [3.05, 3.63) is 47.1 Å². The lowest BCUT2D eigenvalue weighted by Crippen LogP contribution is -2.01. The zero-order valence-electron chi connectivity index (χ0n) is 8.33. The predicted octanol–water partition coefficient (Wildman–Crippen LogP) is 3.25. The molecule has 0 aliphatic carbocycles. The quantitative estimate of drug-likeness (QED) is 0.811. The molecular formula is C11H11ClN2O. The number of furan rings is 1. The summed E-state index contributed by atoms with van der Waals surface area (Å²) in [6, 6.07) is 5.68. The Morgan fingerprint density at radius 2 is 2.33 bits per heavy atom. The molecule has 1 N–H and O–H groups in total. The van der Waals surface area contributed by atoms with Crippen molar-refractivity contribution in [3.63, 3.8) is 0 Å². The smallest absolute Gasteiger partial charge is 0.152 e. The number of hydrogen-bond donors (Lipinski definition) is 1. The molecule has 2 aromatic rings. The van der Waals surface area contributed by atoms with Gasteiger partial charge < -0.3 is 9.73 Å². The lowest BCUT2D eigenvalue weighted by molar-refractivity contribution is 0.518. The van der Waals surface area contributed by atoms with Crippen LogP contribution >= 0.6 is 11.6 Å². The number of hydrogen-bond acceptors (Lipinski definition) is 3. The number of rotatable bonds is 3. The number of pyridine rings is 1. The summed E-state index contributed by atoms with van der Waals surface area (Å²) in [6.45, 7) is 2.59. The standard InChI is InChI=1S/C11H11ClN2O/c1-8-4-5-13-11(12)10(8)14-7-9-3-2-6-15-9/h2-6,14H,7H2,1H3. The SMILES string of the molecule is Cc1ccnc(Cl)c1NCc1ccco1. The number of aromatic nitrogens is 1. The first-order chi connectivity index (χ1) is 7.27. The molecule has 4 heteroatoms. The van der Waals surface area contributed by atoms with Crippen LogP contribution in [0.1, 0.15) is 11.3 Å². The Kier molecular flexibility index (Phi) is 2.92. The van der Waals surface area contributed by atoms with Crippen molar-refractivity contribution in [2.45, 2.75) is 13.5 Å². The summed E-state index contributed by atoms with van der Waals surface area (Å²) in [5, 5.41) is 3.68. The third-order valence-corrected chi connectivity index (χ3v) is 2.42. The third-order valence-electron chi connectivity index (χ3n) is 2.13. The summed E-state index contributed by atoms with van der Waals surface area (Å²) < 4.78 is 5.21. The van der Waals surface area contributed by atoms with E-state index in [1.54, 1.807) is 12.5 Å². The second kappa shape index (κ2) is 4.36. The minimum atomic E-state index is 0.488. The Labute approximate surface area is 93.1 Å². The highest BCUT2D eigenvalue weighted by Gasteiger charge is 2.04. The maximum absolute atomic E-state index is 5.97. The number of halogens is 1. The molecule has 0 saturated carbocycles. The van der Waals surface area contributed by atoms with Crippen molar-refractivity contribution >= 4 is 17.3 Å². The molecular weight excluding hydrogens is 212 g/mol. The molecule has 0 atom stereocenters. The molecule has 0 fully saturated rings. The van der Waals surface area contributed by atoms with E-state index in [0.29, 0.717) is 11.7 Å². The van der Waals surface area contributed by atoms with Crippen molar-refractivity contribution in [1.29, 1.82) is 0 Å². The van der Waals surface area contributed by atoms with E-state index in [4.69, 9.17) is 16.0 Å². The second-order valence-corrected chi connectivity index (χ2v) is 3.58. The van der Waals surface area contributed by atoms with E-state index < -0.39 is 0 Å². The van der Waals surface area contributed by atoms with E-state index in [0.717, 1.165) is 17.0 Å². The van der Waals surface area contributed by atoms with E-state index in [9.17, 15) is 0 Å². The molecule has 2 aromatic heterocycles. The van der Waals surface area contributed by atoms with Gasteiger partial charge in [-0.1, -0.05) is 11.6 Å². The maximum atomic E-state index is 5.97. The summed E-state index contributed by atoms with van der Waals surface area (Å²) >= 11 is 5.97. The van der Waals surface area contributed by atoms with Crippen molar-refractivity contribution < 1.29 is 4.42 Å². The molecule has 0 amide bonds. The fourth-order valence-corrected chi connectivity index (χ4v) is 1.60. The highest BCUT2D eigenvalue weighted by molar-refractivity contribution is 6.32. The van der Waals surface area contributed by atoms with Crippen molar-refractivity contribution in [2.24, 2.45) is 0 Å². The largest absolute Gasteiger partial charge is 0.467 e. The van der Waals surface area contributed by atoms with E-state index in [1.165, 1.54) is 0 Å². The molecule has 0 aliphatic rings. The zero-order chi connectivity index (χ0) is 10.7. The molecule has 0 aromatic carbocycles. The minimum Gasteiger partial charge on any atom is -0.467 e. The molecule has 0 unspecified atom stereocenters. The van der Waals surface area contributed by atoms with Gasteiger partial charge in [0.2, 0.25) is 0 Å². The first-order valence-corrected chi connectivity index (χ1v) is 5.02. The Balaban J connectivity index is 2.11. The molecule has 0 aliphatic heterocycles. The van der Waals surface area contributed by atoms with Gasteiger partial charge in [-0.25, -0.2) is 4.98 Å². The van der Waals surface area contributed by atoms with Gasteiger partial charge in [0.1, 0.15) is 5.76 Å². The molecule has 0 saturated heterocycles. The number of nitrogens with zero attached hydrogens (tertiary/aromatic N) is 1. The number of aryl methyl sites for hydroxylation is 1. The molecule has 0 radical (unpaired) electrons. The van der Waals surface area contributed by atoms with Crippen LogP contribution < -0.4 is 5.32 Å².